The summed E-state index contributed by atoms with van der Waals surface area (Å²) in [6.07, 6.45) is 3.41. The molecule has 0 unspecified atom stereocenters. The van der Waals surface area contributed by atoms with Gasteiger partial charge in [-0.3, -0.25) is 0 Å². The lowest BCUT2D eigenvalue weighted by molar-refractivity contribution is 0.0929. The molecule has 0 aliphatic heterocycles. The van der Waals surface area contributed by atoms with Gasteiger partial charge >= 0.3 is 0 Å². The number of ether oxygens (including phenoxy) is 1. The number of hydrogen-bond donors (Lipinski definition) is 1. The lowest BCUT2D eigenvalue weighted by Crippen LogP contribution is -2.08. The van der Waals surface area contributed by atoms with E-state index in [9.17, 15) is 9.50 Å². The number of anilines is 1. The van der Waals surface area contributed by atoms with Crippen LogP contribution in [0.2, 0.25) is 0 Å². The molecule has 0 bridgehead atoms. The van der Waals surface area contributed by atoms with Gasteiger partial charge in [0, 0.05) is 37.5 Å². The van der Waals surface area contributed by atoms with Crippen LogP contribution in [0.25, 0.3) is 12.2 Å². The molecule has 0 saturated heterocycles. The monoisotopic (exact) mass is 320 g/mol. The molecule has 0 aliphatic rings. The van der Waals surface area contributed by atoms with Crippen molar-refractivity contribution in [2.45, 2.75) is 13.5 Å². The number of aromatic nitrogens is 1. The number of nitrogens with zero attached hydrogens (tertiary/aromatic N) is 2. The number of aryl methyl sites for hydroxylation is 1. The molecule has 2 rings (SSSR count). The highest BCUT2D eigenvalue weighted by atomic mass is 19.1. The van der Waals surface area contributed by atoms with Crippen LogP contribution in [0.15, 0.2) is 22.6 Å². The summed E-state index contributed by atoms with van der Waals surface area (Å²) in [5.41, 5.74) is 2.29. The Kier molecular flexibility index (Phi) is 5.76. The summed E-state index contributed by atoms with van der Waals surface area (Å²) < 4.78 is 22.7. The SMILES string of the molecule is Cc1nc(C=Cc2ccc(N(C)C)cc2O)oc1COCCF. The number of phenols is 1. The third-order valence-electron chi connectivity index (χ3n) is 3.30. The van der Waals surface area contributed by atoms with Gasteiger partial charge in [-0.05, 0) is 25.1 Å². The lowest BCUT2D eigenvalue weighted by Gasteiger charge is -2.13. The number of aromatic hydroxyl groups is 1. The van der Waals surface area contributed by atoms with Gasteiger partial charge in [-0.1, -0.05) is 0 Å². The van der Waals surface area contributed by atoms with Gasteiger partial charge in [0.2, 0.25) is 5.89 Å². The Morgan fingerprint density at radius 3 is 2.78 bits per heavy atom. The predicted octanol–water partition coefficient (Wildman–Crippen LogP) is 3.41. The van der Waals surface area contributed by atoms with Crippen LogP contribution in [-0.2, 0) is 11.3 Å². The average molecular weight is 320 g/mol. The Balaban J connectivity index is 2.09. The first kappa shape index (κ1) is 17.0. The molecule has 1 N–H and O–H groups in total. The van der Waals surface area contributed by atoms with Crippen molar-refractivity contribution < 1.29 is 18.7 Å². The fourth-order valence-corrected chi connectivity index (χ4v) is 1.99. The normalized spacial score (nSPS) is 11.3. The van der Waals surface area contributed by atoms with Crippen molar-refractivity contribution in [1.29, 1.82) is 0 Å². The van der Waals surface area contributed by atoms with E-state index in [2.05, 4.69) is 4.98 Å². The zero-order valence-electron chi connectivity index (χ0n) is 13.5. The summed E-state index contributed by atoms with van der Waals surface area (Å²) in [7, 11) is 3.82. The van der Waals surface area contributed by atoms with Crippen LogP contribution in [-0.4, -0.2) is 37.5 Å². The van der Waals surface area contributed by atoms with Crippen molar-refractivity contribution in [2.75, 3.05) is 32.3 Å². The number of alkyl halides is 1. The molecule has 1 aromatic heterocycles. The van der Waals surface area contributed by atoms with Crippen molar-refractivity contribution in [3.05, 3.63) is 41.1 Å². The highest BCUT2D eigenvalue weighted by molar-refractivity contribution is 5.71. The molecule has 6 heteroatoms. The summed E-state index contributed by atoms with van der Waals surface area (Å²) in [5.74, 6) is 1.17. The molecular formula is C17H21FN2O3. The van der Waals surface area contributed by atoms with Crippen LogP contribution < -0.4 is 4.90 Å². The molecule has 2 aromatic rings. The van der Waals surface area contributed by atoms with Crippen molar-refractivity contribution >= 4 is 17.8 Å². The van der Waals surface area contributed by atoms with E-state index in [1.165, 1.54) is 0 Å². The second-order valence-corrected chi connectivity index (χ2v) is 5.27. The first-order valence-corrected chi connectivity index (χ1v) is 7.29. The first-order chi connectivity index (χ1) is 11.0. The Morgan fingerprint density at radius 1 is 1.35 bits per heavy atom. The number of halogens is 1. The summed E-state index contributed by atoms with van der Waals surface area (Å²) >= 11 is 0. The topological polar surface area (TPSA) is 58.7 Å². The largest absolute Gasteiger partial charge is 0.507 e. The smallest absolute Gasteiger partial charge is 0.219 e. The standard InChI is InChI=1S/C17H21FN2O3/c1-12-16(11-22-9-8-18)23-17(19-12)7-5-13-4-6-14(20(2)3)10-15(13)21/h4-7,10,21H,8-9,11H2,1-3H3. The maximum absolute atomic E-state index is 12.0. The summed E-state index contributed by atoms with van der Waals surface area (Å²) in [6.45, 7) is 1.51. The summed E-state index contributed by atoms with van der Waals surface area (Å²) in [4.78, 5) is 6.17. The Labute approximate surface area is 135 Å². The number of rotatable bonds is 7. The molecule has 0 fully saturated rings. The van der Waals surface area contributed by atoms with Crippen molar-refractivity contribution in [2.24, 2.45) is 0 Å². The number of hydrogen-bond acceptors (Lipinski definition) is 5. The minimum absolute atomic E-state index is 0.0391. The zero-order valence-corrected chi connectivity index (χ0v) is 13.5. The van der Waals surface area contributed by atoms with Gasteiger partial charge in [0.15, 0.2) is 5.76 Å². The molecule has 1 heterocycles. The molecule has 124 valence electrons. The van der Waals surface area contributed by atoms with E-state index in [1.807, 2.05) is 31.1 Å². The molecule has 0 spiro atoms. The van der Waals surface area contributed by atoms with Gasteiger partial charge in [-0.15, -0.1) is 0 Å². The molecule has 1 aromatic carbocycles. The quantitative estimate of drug-likeness (QED) is 0.792. The highest BCUT2D eigenvalue weighted by Gasteiger charge is 2.08. The van der Waals surface area contributed by atoms with Gasteiger partial charge < -0.3 is 19.2 Å². The van der Waals surface area contributed by atoms with Gasteiger partial charge in [0.25, 0.3) is 0 Å². The number of benzene rings is 1. The molecule has 0 aliphatic carbocycles. The molecule has 0 saturated carbocycles. The second kappa shape index (κ2) is 7.78. The van der Waals surface area contributed by atoms with Crippen LogP contribution in [0.4, 0.5) is 10.1 Å². The Hall–Kier alpha value is -2.34. The molecule has 0 amide bonds. The highest BCUT2D eigenvalue weighted by Crippen LogP contribution is 2.25. The van der Waals surface area contributed by atoms with Crippen LogP contribution in [0.1, 0.15) is 22.9 Å². The van der Waals surface area contributed by atoms with E-state index < -0.39 is 6.67 Å². The summed E-state index contributed by atoms with van der Waals surface area (Å²) in [5, 5.41) is 10.0. The van der Waals surface area contributed by atoms with E-state index >= 15 is 0 Å². The van der Waals surface area contributed by atoms with Gasteiger partial charge in [-0.2, -0.15) is 0 Å². The van der Waals surface area contributed by atoms with Crippen molar-refractivity contribution in [3.63, 3.8) is 0 Å². The molecular weight excluding hydrogens is 299 g/mol. The van der Waals surface area contributed by atoms with E-state index in [1.54, 1.807) is 25.1 Å². The molecule has 0 atom stereocenters. The summed E-state index contributed by atoms with van der Waals surface area (Å²) in [6, 6.07) is 5.43. The minimum Gasteiger partial charge on any atom is -0.507 e. The fraction of sp³-hybridized carbons (Fsp3) is 0.353. The average Bonchev–Trinajstić information content (AvgIpc) is 2.86. The van der Waals surface area contributed by atoms with Crippen LogP contribution in [0, 0.1) is 6.92 Å². The van der Waals surface area contributed by atoms with Crippen LogP contribution >= 0.6 is 0 Å². The fourth-order valence-electron chi connectivity index (χ4n) is 1.99. The first-order valence-electron chi connectivity index (χ1n) is 7.29. The van der Waals surface area contributed by atoms with E-state index in [0.717, 1.165) is 5.69 Å². The maximum Gasteiger partial charge on any atom is 0.219 e. The van der Waals surface area contributed by atoms with E-state index in [-0.39, 0.29) is 19.0 Å². The lowest BCUT2D eigenvalue weighted by atomic mass is 10.1. The predicted molar refractivity (Wildman–Crippen MR) is 88.2 cm³/mol. The van der Waals surface area contributed by atoms with E-state index in [0.29, 0.717) is 22.9 Å². The van der Waals surface area contributed by atoms with Gasteiger partial charge in [0.05, 0.1) is 12.3 Å². The third-order valence-corrected chi connectivity index (χ3v) is 3.30. The van der Waals surface area contributed by atoms with Crippen molar-refractivity contribution in [3.8, 4) is 5.75 Å². The molecule has 23 heavy (non-hydrogen) atoms. The molecule has 5 nitrogen and oxygen atoms in total. The van der Waals surface area contributed by atoms with Gasteiger partial charge in [0.1, 0.15) is 19.0 Å². The maximum atomic E-state index is 12.0. The van der Waals surface area contributed by atoms with Crippen LogP contribution in [0.3, 0.4) is 0 Å². The van der Waals surface area contributed by atoms with Crippen molar-refractivity contribution in [1.82, 2.24) is 4.98 Å². The van der Waals surface area contributed by atoms with E-state index in [4.69, 9.17) is 9.15 Å². The number of oxazole rings is 1. The second-order valence-electron chi connectivity index (χ2n) is 5.27. The minimum atomic E-state index is -0.526. The van der Waals surface area contributed by atoms with Gasteiger partial charge in [-0.25, -0.2) is 9.37 Å². The Morgan fingerprint density at radius 2 is 2.13 bits per heavy atom. The number of phenolic OH excluding ortho intramolecular Hbond substituents is 1. The zero-order chi connectivity index (χ0) is 16.8. The third kappa shape index (κ3) is 4.56. The Bertz CT molecular complexity index is 680. The van der Waals surface area contributed by atoms with Crippen LogP contribution in [0.5, 0.6) is 5.75 Å². The molecule has 0 radical (unpaired) electrons.